The second-order valence-electron chi connectivity index (χ2n) is 3.60. The summed E-state index contributed by atoms with van der Waals surface area (Å²) in [6.45, 7) is 1.96. The Hall–Kier alpha value is -1.14. The summed E-state index contributed by atoms with van der Waals surface area (Å²) in [4.78, 5) is 22.5. The van der Waals surface area contributed by atoms with Crippen LogP contribution in [0.5, 0.6) is 0 Å². The molecule has 1 amide bonds. The molecule has 0 aliphatic carbocycles. The molecular weight excluding hydrogens is 200 g/mol. The van der Waals surface area contributed by atoms with Crippen LogP contribution < -0.4 is 10.6 Å². The lowest BCUT2D eigenvalue weighted by molar-refractivity contribution is -0.144. The van der Waals surface area contributed by atoms with Gasteiger partial charge in [0.05, 0.1) is 19.3 Å². The van der Waals surface area contributed by atoms with Crippen LogP contribution in [0, 0.1) is 0 Å². The van der Waals surface area contributed by atoms with Gasteiger partial charge in [-0.25, -0.2) is 4.79 Å². The van der Waals surface area contributed by atoms with Crippen molar-refractivity contribution in [1.82, 2.24) is 10.6 Å². The van der Waals surface area contributed by atoms with Gasteiger partial charge >= 0.3 is 5.97 Å². The number of esters is 1. The summed E-state index contributed by atoms with van der Waals surface area (Å²) in [5.41, 5.74) is 0. The van der Waals surface area contributed by atoms with Crippen molar-refractivity contribution in [3.05, 3.63) is 0 Å². The molecule has 6 nitrogen and oxygen atoms in total. The van der Waals surface area contributed by atoms with Gasteiger partial charge in [0.1, 0.15) is 6.04 Å². The molecule has 1 rings (SSSR count). The van der Waals surface area contributed by atoms with Crippen LogP contribution in [-0.4, -0.2) is 48.8 Å². The fraction of sp³-hybridized carbons (Fsp3) is 0.778. The lowest BCUT2D eigenvalue weighted by Gasteiger charge is -2.15. The highest BCUT2D eigenvalue weighted by Gasteiger charge is 2.29. The van der Waals surface area contributed by atoms with Crippen LogP contribution in [0.1, 0.15) is 13.3 Å². The van der Waals surface area contributed by atoms with Crippen molar-refractivity contribution < 1.29 is 19.4 Å². The Balaban J connectivity index is 2.38. The van der Waals surface area contributed by atoms with Gasteiger partial charge in [0.2, 0.25) is 5.91 Å². The normalized spacial score (nSPS) is 27.1. The number of hydrogen-bond acceptors (Lipinski definition) is 5. The molecule has 0 saturated carbocycles. The van der Waals surface area contributed by atoms with Gasteiger partial charge in [-0.05, 0) is 13.3 Å². The molecule has 3 N–H and O–H groups in total. The molecule has 0 radical (unpaired) electrons. The SMILES string of the molecule is COC(=O)C(C)NC(=O)C1CC(O)CN1. The highest BCUT2D eigenvalue weighted by atomic mass is 16.5. The van der Waals surface area contributed by atoms with Crippen LogP contribution in [0.2, 0.25) is 0 Å². The number of ether oxygens (including phenoxy) is 1. The molecule has 6 heteroatoms. The summed E-state index contributed by atoms with van der Waals surface area (Å²) >= 11 is 0. The fourth-order valence-electron chi connectivity index (χ4n) is 1.47. The molecule has 1 saturated heterocycles. The van der Waals surface area contributed by atoms with Crippen LogP contribution in [0.25, 0.3) is 0 Å². The van der Waals surface area contributed by atoms with Crippen LogP contribution in [0.15, 0.2) is 0 Å². The average molecular weight is 216 g/mol. The van der Waals surface area contributed by atoms with Gasteiger partial charge in [-0.3, -0.25) is 4.79 Å². The first-order valence-electron chi connectivity index (χ1n) is 4.84. The Morgan fingerprint density at radius 2 is 2.27 bits per heavy atom. The maximum absolute atomic E-state index is 11.5. The summed E-state index contributed by atoms with van der Waals surface area (Å²) < 4.78 is 4.47. The molecule has 0 bridgehead atoms. The molecule has 3 atom stereocenters. The van der Waals surface area contributed by atoms with Crippen molar-refractivity contribution in [1.29, 1.82) is 0 Å². The van der Waals surface area contributed by atoms with Gasteiger partial charge in [-0.2, -0.15) is 0 Å². The van der Waals surface area contributed by atoms with Gasteiger partial charge in [-0.1, -0.05) is 0 Å². The fourth-order valence-corrected chi connectivity index (χ4v) is 1.47. The standard InChI is InChI=1S/C9H16N2O4/c1-5(9(14)15-2)11-8(13)7-3-6(12)4-10-7/h5-7,10,12H,3-4H2,1-2H3,(H,11,13). The van der Waals surface area contributed by atoms with Crippen molar-refractivity contribution in [3.8, 4) is 0 Å². The third kappa shape index (κ3) is 3.17. The highest BCUT2D eigenvalue weighted by molar-refractivity contribution is 5.87. The number of aliphatic hydroxyl groups is 1. The van der Waals surface area contributed by atoms with Crippen molar-refractivity contribution in [3.63, 3.8) is 0 Å². The maximum atomic E-state index is 11.5. The van der Waals surface area contributed by atoms with E-state index in [0.717, 1.165) is 0 Å². The molecule has 1 heterocycles. The van der Waals surface area contributed by atoms with Gasteiger partial charge in [0, 0.05) is 6.54 Å². The molecule has 0 aromatic carbocycles. The number of methoxy groups -OCH3 is 1. The zero-order valence-electron chi connectivity index (χ0n) is 8.82. The number of amides is 1. The number of nitrogens with one attached hydrogen (secondary N) is 2. The van der Waals surface area contributed by atoms with Gasteiger partial charge in [0.15, 0.2) is 0 Å². The third-order valence-corrected chi connectivity index (χ3v) is 2.34. The van der Waals surface area contributed by atoms with Crippen LogP contribution >= 0.6 is 0 Å². The number of carbonyl (C=O) groups is 2. The first-order chi connectivity index (χ1) is 7.04. The third-order valence-electron chi connectivity index (χ3n) is 2.34. The summed E-state index contributed by atoms with van der Waals surface area (Å²) in [6.07, 6.45) is -0.117. The van der Waals surface area contributed by atoms with Gasteiger partial charge < -0.3 is 20.5 Å². The Kier molecular flexibility index (Phi) is 4.05. The average Bonchev–Trinajstić information content (AvgIpc) is 2.63. The predicted molar refractivity (Wildman–Crippen MR) is 52.0 cm³/mol. The lowest BCUT2D eigenvalue weighted by atomic mass is 10.2. The first kappa shape index (κ1) is 11.9. The second-order valence-corrected chi connectivity index (χ2v) is 3.60. The molecule has 15 heavy (non-hydrogen) atoms. The van der Waals surface area contributed by atoms with E-state index in [4.69, 9.17) is 0 Å². The molecule has 3 unspecified atom stereocenters. The zero-order chi connectivity index (χ0) is 11.4. The summed E-state index contributed by atoms with van der Waals surface area (Å²) in [5.74, 6) is -0.772. The van der Waals surface area contributed by atoms with Crippen molar-refractivity contribution in [2.75, 3.05) is 13.7 Å². The molecule has 1 aliphatic rings. The van der Waals surface area contributed by atoms with E-state index < -0.39 is 24.2 Å². The molecule has 86 valence electrons. The Bertz CT molecular complexity index is 256. The molecule has 0 aromatic rings. The van der Waals surface area contributed by atoms with E-state index in [1.165, 1.54) is 7.11 Å². The molecule has 1 aliphatic heterocycles. The van der Waals surface area contributed by atoms with Gasteiger partial charge in [-0.15, -0.1) is 0 Å². The van der Waals surface area contributed by atoms with E-state index in [9.17, 15) is 14.7 Å². The number of aliphatic hydroxyl groups excluding tert-OH is 1. The largest absolute Gasteiger partial charge is 0.467 e. The monoisotopic (exact) mass is 216 g/mol. The van der Waals surface area contributed by atoms with E-state index in [-0.39, 0.29) is 5.91 Å². The lowest BCUT2D eigenvalue weighted by Crippen LogP contribution is -2.47. The zero-order valence-corrected chi connectivity index (χ0v) is 8.82. The predicted octanol–water partition coefficient (Wildman–Crippen LogP) is -1.61. The Morgan fingerprint density at radius 1 is 1.60 bits per heavy atom. The van der Waals surface area contributed by atoms with Crippen LogP contribution in [0.3, 0.4) is 0 Å². The van der Waals surface area contributed by atoms with Crippen molar-refractivity contribution in [2.24, 2.45) is 0 Å². The molecule has 1 fully saturated rings. The second kappa shape index (κ2) is 5.09. The maximum Gasteiger partial charge on any atom is 0.328 e. The highest BCUT2D eigenvalue weighted by Crippen LogP contribution is 2.06. The van der Waals surface area contributed by atoms with Crippen molar-refractivity contribution >= 4 is 11.9 Å². The number of β-amino-alcohol motifs (C(OH)–C–C–N with tert-alkyl or cyclic N) is 1. The molecule has 0 spiro atoms. The minimum absolute atomic E-state index is 0.288. The van der Waals surface area contributed by atoms with Crippen LogP contribution in [-0.2, 0) is 14.3 Å². The Morgan fingerprint density at radius 3 is 2.73 bits per heavy atom. The number of carbonyl (C=O) groups excluding carboxylic acids is 2. The van der Waals surface area contributed by atoms with Crippen molar-refractivity contribution in [2.45, 2.75) is 31.5 Å². The van der Waals surface area contributed by atoms with Gasteiger partial charge in [0.25, 0.3) is 0 Å². The number of rotatable bonds is 3. The Labute approximate surface area is 88.0 Å². The van der Waals surface area contributed by atoms with E-state index in [1.807, 2.05) is 0 Å². The first-order valence-corrected chi connectivity index (χ1v) is 4.84. The van der Waals surface area contributed by atoms with E-state index in [0.29, 0.717) is 13.0 Å². The topological polar surface area (TPSA) is 87.7 Å². The summed E-state index contributed by atoms with van der Waals surface area (Å²) in [5, 5.41) is 14.6. The summed E-state index contributed by atoms with van der Waals surface area (Å²) in [7, 11) is 1.27. The molecular formula is C9H16N2O4. The summed E-state index contributed by atoms with van der Waals surface area (Å²) in [6, 6.07) is -1.09. The van der Waals surface area contributed by atoms with E-state index in [1.54, 1.807) is 6.92 Å². The number of hydrogen-bond donors (Lipinski definition) is 3. The minimum atomic E-state index is -0.665. The molecule has 0 aromatic heterocycles. The van der Waals surface area contributed by atoms with Crippen LogP contribution in [0.4, 0.5) is 0 Å². The van der Waals surface area contributed by atoms with E-state index >= 15 is 0 Å². The van der Waals surface area contributed by atoms with E-state index in [2.05, 4.69) is 15.4 Å². The quantitative estimate of drug-likeness (QED) is 0.494. The smallest absolute Gasteiger partial charge is 0.328 e. The minimum Gasteiger partial charge on any atom is -0.467 e.